The molecule has 0 spiro atoms. The summed E-state index contributed by atoms with van der Waals surface area (Å²) in [7, 11) is 3.21. The monoisotopic (exact) mass is 545 g/mol. The number of anilines is 3. The van der Waals surface area contributed by atoms with Crippen LogP contribution >= 0.6 is 0 Å². The Labute approximate surface area is 232 Å². The van der Waals surface area contributed by atoms with Crippen molar-refractivity contribution in [3.63, 3.8) is 0 Å². The Morgan fingerprint density at radius 2 is 2.08 bits per heavy atom. The zero-order valence-electron chi connectivity index (χ0n) is 22.5. The largest absolute Gasteiger partial charge is 0.379 e. The van der Waals surface area contributed by atoms with Crippen molar-refractivity contribution in [2.24, 2.45) is 0 Å². The number of nitrogens with zero attached hydrogens (tertiary/aromatic N) is 5. The number of methoxy groups -OCH3 is 2. The number of carbonyl (C=O) groups excluding carboxylic acids is 3. The van der Waals surface area contributed by atoms with Gasteiger partial charge in [0.05, 0.1) is 23.4 Å². The summed E-state index contributed by atoms with van der Waals surface area (Å²) in [6, 6.07) is 5.30. The van der Waals surface area contributed by atoms with Crippen molar-refractivity contribution in [2.45, 2.75) is 56.9 Å². The highest BCUT2D eigenvalue weighted by Crippen LogP contribution is 2.32. The van der Waals surface area contributed by atoms with Crippen LogP contribution in [0.3, 0.4) is 0 Å². The van der Waals surface area contributed by atoms with Crippen LogP contribution in [0.15, 0.2) is 24.0 Å². The number of likely N-dealkylation sites (tertiary alicyclic amines) is 1. The molecule has 2 N–H and O–H groups in total. The molecule has 12 heteroatoms. The van der Waals surface area contributed by atoms with Gasteiger partial charge in [-0.3, -0.25) is 15.0 Å². The summed E-state index contributed by atoms with van der Waals surface area (Å²) < 4.78 is 10.8. The first-order valence-corrected chi connectivity index (χ1v) is 13.3. The minimum atomic E-state index is -0.437. The molecule has 1 saturated carbocycles. The molecule has 0 bridgehead atoms. The number of ether oxygens (including phenoxy) is 2. The Balaban J connectivity index is 1.35. The predicted octanol–water partition coefficient (Wildman–Crippen LogP) is 2.67. The first-order valence-electron chi connectivity index (χ1n) is 13.3. The van der Waals surface area contributed by atoms with E-state index in [0.29, 0.717) is 73.5 Å². The quantitative estimate of drug-likeness (QED) is 0.374. The fourth-order valence-corrected chi connectivity index (χ4v) is 5.47. The minimum absolute atomic E-state index is 0.0681. The van der Waals surface area contributed by atoms with Crippen molar-refractivity contribution in [1.29, 1.82) is 5.26 Å². The first-order chi connectivity index (χ1) is 19.5. The molecular weight excluding hydrogens is 514 g/mol. The lowest BCUT2D eigenvalue weighted by Gasteiger charge is -2.36. The van der Waals surface area contributed by atoms with Crippen molar-refractivity contribution < 1.29 is 23.9 Å². The molecule has 1 saturated heterocycles. The number of hydrogen-bond acceptors (Lipinski definition) is 10. The van der Waals surface area contributed by atoms with Gasteiger partial charge in [0.1, 0.15) is 41.1 Å². The summed E-state index contributed by atoms with van der Waals surface area (Å²) in [6.07, 6.45) is 5.78. The molecule has 0 aromatic carbocycles. The van der Waals surface area contributed by atoms with Crippen molar-refractivity contribution in [1.82, 2.24) is 14.9 Å². The number of carbonyl (C=O) groups is 2. The van der Waals surface area contributed by atoms with Crippen LogP contribution in [0.4, 0.5) is 22.1 Å². The molecule has 2 fully saturated rings. The molecule has 2 aromatic heterocycles. The van der Waals surface area contributed by atoms with Gasteiger partial charge in [0.15, 0.2) is 6.29 Å². The van der Waals surface area contributed by atoms with Crippen LogP contribution in [0.5, 0.6) is 0 Å². The number of pyridine rings is 2. The molecule has 12 nitrogen and oxygen atoms in total. The van der Waals surface area contributed by atoms with Gasteiger partial charge in [-0.05, 0) is 43.7 Å². The van der Waals surface area contributed by atoms with Crippen LogP contribution in [-0.2, 0) is 27.2 Å². The van der Waals surface area contributed by atoms with E-state index in [1.807, 2.05) is 16.9 Å². The van der Waals surface area contributed by atoms with Crippen LogP contribution in [0.2, 0.25) is 0 Å². The summed E-state index contributed by atoms with van der Waals surface area (Å²) in [4.78, 5) is 49.1. The molecular formula is C28H31N7O5. The third-order valence-corrected chi connectivity index (χ3v) is 7.80. The number of aromatic nitrogens is 2. The highest BCUT2D eigenvalue weighted by atomic mass is 16.5. The molecule has 0 unspecified atom stereocenters. The molecule has 3 atom stereocenters. The molecule has 2 amide bonds. The van der Waals surface area contributed by atoms with Gasteiger partial charge < -0.3 is 19.7 Å². The predicted molar refractivity (Wildman–Crippen MR) is 146 cm³/mol. The molecule has 208 valence electrons. The summed E-state index contributed by atoms with van der Waals surface area (Å²) in [5, 5.41) is 15.7. The van der Waals surface area contributed by atoms with Crippen LogP contribution in [0, 0.1) is 11.3 Å². The lowest BCUT2D eigenvalue weighted by atomic mass is 9.88. The Morgan fingerprint density at radius 3 is 2.75 bits per heavy atom. The van der Waals surface area contributed by atoms with Gasteiger partial charge >= 0.3 is 6.03 Å². The third kappa shape index (κ3) is 5.27. The zero-order chi connectivity index (χ0) is 28.2. The molecule has 0 radical (unpaired) electrons. The maximum Gasteiger partial charge on any atom is 0.328 e. The van der Waals surface area contributed by atoms with Gasteiger partial charge in [0.25, 0.3) is 0 Å². The van der Waals surface area contributed by atoms with Gasteiger partial charge in [0.2, 0.25) is 0 Å². The van der Waals surface area contributed by atoms with Gasteiger partial charge in [0, 0.05) is 51.7 Å². The van der Waals surface area contributed by atoms with E-state index in [4.69, 9.17) is 9.47 Å². The fourth-order valence-electron chi connectivity index (χ4n) is 5.47. The molecule has 5 rings (SSSR count). The van der Waals surface area contributed by atoms with Gasteiger partial charge in [-0.15, -0.1) is 0 Å². The maximum atomic E-state index is 13.4. The van der Waals surface area contributed by atoms with Crippen LogP contribution < -0.4 is 15.5 Å². The van der Waals surface area contributed by atoms with E-state index in [-0.39, 0.29) is 29.8 Å². The van der Waals surface area contributed by atoms with Crippen molar-refractivity contribution >= 4 is 35.6 Å². The normalized spacial score (nSPS) is 21.6. The number of hydrogen-bond donors (Lipinski definition) is 2. The summed E-state index contributed by atoms with van der Waals surface area (Å²) in [5.41, 5.74) is 3.10. The van der Waals surface area contributed by atoms with E-state index in [9.17, 15) is 19.6 Å². The lowest BCUT2D eigenvalue weighted by molar-refractivity contribution is 0.0286. The van der Waals surface area contributed by atoms with E-state index in [1.165, 1.54) is 11.1 Å². The number of nitriles is 1. The fraction of sp³-hybridized carbons (Fsp3) is 0.464. The van der Waals surface area contributed by atoms with Gasteiger partial charge in [-0.1, -0.05) is 0 Å². The highest BCUT2D eigenvalue weighted by molar-refractivity contribution is 6.01. The number of amides is 2. The lowest BCUT2D eigenvalue weighted by Crippen LogP contribution is -2.44. The average molecular weight is 546 g/mol. The van der Waals surface area contributed by atoms with Gasteiger partial charge in [-0.2, -0.15) is 5.26 Å². The Bertz CT molecular complexity index is 1400. The molecule has 40 heavy (non-hydrogen) atoms. The summed E-state index contributed by atoms with van der Waals surface area (Å²) in [6.45, 7) is 1.34. The molecule has 2 aromatic rings. The Hall–Kier alpha value is -4.30. The van der Waals surface area contributed by atoms with E-state index >= 15 is 0 Å². The second-order valence-corrected chi connectivity index (χ2v) is 10.1. The molecule has 2 aliphatic heterocycles. The average Bonchev–Trinajstić information content (AvgIpc) is 3.36. The third-order valence-electron chi connectivity index (χ3n) is 7.80. The topological polar surface area (TPSA) is 150 Å². The minimum Gasteiger partial charge on any atom is -0.379 e. The maximum absolute atomic E-state index is 13.4. The van der Waals surface area contributed by atoms with Crippen LogP contribution in [0.1, 0.15) is 52.9 Å². The summed E-state index contributed by atoms with van der Waals surface area (Å²) in [5.74, 6) is 2.68. The SMILES string of the molecule is CO[C@H]1CCN(Cc2cc3c(nc2C=O)N(C(=O)Nc2cc(N[C@@H]4CC[C@H]4OC)c(C#N)cn2)CCC3)C1=C=O. The zero-order valence-corrected chi connectivity index (χ0v) is 22.5. The van der Waals surface area contributed by atoms with Crippen LogP contribution in [0.25, 0.3) is 0 Å². The number of nitrogens with one attached hydrogen (secondary N) is 2. The second-order valence-electron chi connectivity index (χ2n) is 10.1. The molecule has 3 aliphatic rings. The van der Waals surface area contributed by atoms with E-state index in [0.717, 1.165) is 18.4 Å². The van der Waals surface area contributed by atoms with Crippen molar-refractivity contribution in [3.8, 4) is 6.07 Å². The number of aryl methyl sites for hydroxylation is 1. The number of rotatable bonds is 8. The van der Waals surface area contributed by atoms with Gasteiger partial charge in [-0.25, -0.2) is 19.6 Å². The summed E-state index contributed by atoms with van der Waals surface area (Å²) >= 11 is 0. The number of fused-ring (bicyclic) bond motifs is 1. The standard InChI is InChI=1S/C28H31N7O5/c1-39-24-6-5-20(24)31-21-11-26(30-13-19(21)12-29)33-28(38)35-8-3-4-17-10-18(22(15-36)32-27(17)35)14-34-9-7-25(40-2)23(34)16-37/h10-11,13,15,20,24-25H,3-9,14H2,1-2H3,(H2,30,31,33,38)/t20-,24-,25+/m1/s1. The smallest absolute Gasteiger partial charge is 0.328 e. The van der Waals surface area contributed by atoms with Crippen molar-refractivity contribution in [2.75, 3.05) is 42.8 Å². The number of urea groups is 1. The first kappa shape index (κ1) is 27.3. The highest BCUT2D eigenvalue weighted by Gasteiger charge is 2.33. The van der Waals surface area contributed by atoms with E-state index in [2.05, 4.69) is 26.7 Å². The van der Waals surface area contributed by atoms with E-state index in [1.54, 1.807) is 20.3 Å². The Kier molecular flexibility index (Phi) is 8.07. The van der Waals surface area contributed by atoms with E-state index < -0.39 is 6.03 Å². The number of aldehydes is 1. The second kappa shape index (κ2) is 11.8. The molecule has 1 aliphatic carbocycles. The van der Waals surface area contributed by atoms with Crippen molar-refractivity contribution in [3.05, 3.63) is 46.4 Å². The van der Waals surface area contributed by atoms with Crippen LogP contribution in [-0.4, -0.2) is 78.7 Å². The molecule has 4 heterocycles. The Morgan fingerprint density at radius 1 is 1.23 bits per heavy atom.